The Morgan fingerprint density at radius 1 is 0.769 bits per heavy atom. The summed E-state index contributed by atoms with van der Waals surface area (Å²) in [4.78, 5) is 0. The fourth-order valence-electron chi connectivity index (χ4n) is 2.60. The van der Waals surface area contributed by atoms with Gasteiger partial charge in [0.15, 0.2) is 5.11 Å². The lowest BCUT2D eigenvalue weighted by molar-refractivity contribution is 1.08. The van der Waals surface area contributed by atoms with E-state index in [0.717, 1.165) is 33.2 Å². The number of nitrogen functional groups attached to an aromatic ring is 2. The van der Waals surface area contributed by atoms with E-state index in [2.05, 4.69) is 31.0 Å². The average Bonchev–Trinajstić information content (AvgIpc) is 2.63. The molecule has 6 N–H and O–H groups in total. The Bertz CT molecular complexity index is 1050. The molecule has 0 fully saturated rings. The van der Waals surface area contributed by atoms with Crippen LogP contribution >= 0.6 is 12.2 Å². The number of aromatic nitrogens is 4. The van der Waals surface area contributed by atoms with Crippen LogP contribution < -0.4 is 22.1 Å². The number of nitrogens with one attached hydrogen (secondary N) is 2. The van der Waals surface area contributed by atoms with Crippen molar-refractivity contribution >= 4 is 61.9 Å². The van der Waals surface area contributed by atoms with Crippen LogP contribution in [0.2, 0.25) is 0 Å². The average molecular weight is 362 g/mol. The third kappa shape index (κ3) is 3.03. The van der Waals surface area contributed by atoms with E-state index in [1.54, 1.807) is 0 Å². The highest BCUT2D eigenvalue weighted by atomic mass is 32.1. The zero-order chi connectivity index (χ0) is 18.1. The summed E-state index contributed by atoms with van der Waals surface area (Å²) in [6, 6.07) is 11.1. The molecule has 0 unspecified atom stereocenters. The van der Waals surface area contributed by atoms with Crippen LogP contribution in [-0.2, 0) is 0 Å². The highest BCUT2D eigenvalue weighted by Crippen LogP contribution is 2.23. The molecule has 26 heavy (non-hydrogen) atoms. The molecule has 128 valence electrons. The summed E-state index contributed by atoms with van der Waals surface area (Å²) in [6.07, 6.45) is 3.04. The molecule has 0 saturated heterocycles. The first-order valence-corrected chi connectivity index (χ1v) is 8.11. The number of benzene rings is 2. The quantitative estimate of drug-likeness (QED) is 0.398. The number of nitrogens with two attached hydrogens (primary N) is 2. The van der Waals surface area contributed by atoms with Crippen molar-refractivity contribution in [1.82, 2.24) is 20.4 Å². The van der Waals surface area contributed by atoms with Gasteiger partial charge in [0.1, 0.15) is 0 Å². The van der Waals surface area contributed by atoms with Crippen molar-refractivity contribution in [1.29, 1.82) is 0 Å². The highest BCUT2D eigenvalue weighted by Gasteiger charge is 2.06. The number of anilines is 4. The Labute approximate surface area is 153 Å². The molecule has 0 spiro atoms. The van der Waals surface area contributed by atoms with Gasteiger partial charge in [0.2, 0.25) is 0 Å². The van der Waals surface area contributed by atoms with E-state index in [0.29, 0.717) is 16.5 Å². The zero-order valence-corrected chi connectivity index (χ0v) is 14.3. The molecule has 2 aromatic heterocycles. The Kier molecular flexibility index (Phi) is 3.90. The molecule has 0 aliphatic carbocycles. The van der Waals surface area contributed by atoms with E-state index in [-0.39, 0.29) is 0 Å². The molecule has 0 bridgehead atoms. The van der Waals surface area contributed by atoms with Crippen molar-refractivity contribution in [2.75, 3.05) is 22.1 Å². The summed E-state index contributed by atoms with van der Waals surface area (Å²) in [6.45, 7) is 0. The lowest BCUT2D eigenvalue weighted by atomic mass is 10.2. The molecule has 0 amide bonds. The van der Waals surface area contributed by atoms with E-state index in [9.17, 15) is 0 Å². The van der Waals surface area contributed by atoms with Crippen LogP contribution in [0.1, 0.15) is 0 Å². The molecule has 0 saturated carbocycles. The van der Waals surface area contributed by atoms with Gasteiger partial charge in [-0.2, -0.15) is 20.4 Å². The van der Waals surface area contributed by atoms with Crippen LogP contribution in [0.3, 0.4) is 0 Å². The Hall–Kier alpha value is -3.59. The first-order chi connectivity index (χ1) is 12.6. The summed E-state index contributed by atoms with van der Waals surface area (Å²) in [5, 5.41) is 24.1. The number of thiocarbonyl (C=S) groups is 1. The van der Waals surface area contributed by atoms with E-state index in [1.807, 2.05) is 36.4 Å². The minimum Gasteiger partial charge on any atom is -0.397 e. The van der Waals surface area contributed by atoms with Crippen molar-refractivity contribution < 1.29 is 0 Å². The standard InChI is InChI=1S/C17H14N8S/c18-13-7-20-24-15-3-1-9(5-11(13)15)22-17(26)23-10-2-4-16-12(6-10)14(19)8-21-25-16/h1-8H,(H2,18,24)(H2,19,25)(H2,22,23,26). The number of nitrogens with zero attached hydrogens (tertiary/aromatic N) is 4. The summed E-state index contributed by atoms with van der Waals surface area (Å²) in [7, 11) is 0. The normalized spacial score (nSPS) is 10.8. The second-order valence-corrected chi connectivity index (χ2v) is 6.05. The molecule has 4 rings (SSSR count). The molecular formula is C17H14N8S. The highest BCUT2D eigenvalue weighted by molar-refractivity contribution is 7.80. The van der Waals surface area contributed by atoms with Crippen LogP contribution in [0.25, 0.3) is 21.8 Å². The SMILES string of the molecule is Nc1cnnc2ccc(NC(=S)Nc3ccc4nncc(N)c4c3)cc12. The van der Waals surface area contributed by atoms with Crippen LogP contribution in [0.4, 0.5) is 22.7 Å². The van der Waals surface area contributed by atoms with Crippen molar-refractivity contribution in [3.63, 3.8) is 0 Å². The number of hydrogen-bond donors (Lipinski definition) is 4. The summed E-state index contributed by atoms with van der Waals surface area (Å²) < 4.78 is 0. The second kappa shape index (κ2) is 6.37. The van der Waals surface area contributed by atoms with Gasteiger partial charge >= 0.3 is 0 Å². The third-order valence-electron chi connectivity index (χ3n) is 3.86. The number of hydrogen-bond acceptors (Lipinski definition) is 7. The van der Waals surface area contributed by atoms with Gasteiger partial charge in [0, 0.05) is 22.1 Å². The minimum atomic E-state index is 0.435. The molecule has 2 aromatic carbocycles. The van der Waals surface area contributed by atoms with Crippen LogP contribution in [0, 0.1) is 0 Å². The topological polar surface area (TPSA) is 128 Å². The van der Waals surface area contributed by atoms with Crippen LogP contribution in [-0.4, -0.2) is 25.5 Å². The fraction of sp³-hybridized carbons (Fsp3) is 0. The van der Waals surface area contributed by atoms with Crippen molar-refractivity contribution in [2.45, 2.75) is 0 Å². The smallest absolute Gasteiger partial charge is 0.175 e. The third-order valence-corrected chi connectivity index (χ3v) is 4.06. The van der Waals surface area contributed by atoms with Crippen LogP contribution in [0.5, 0.6) is 0 Å². The molecule has 0 aliphatic rings. The maximum Gasteiger partial charge on any atom is 0.175 e. The molecule has 4 aromatic rings. The molecule has 0 aliphatic heterocycles. The maximum atomic E-state index is 5.94. The second-order valence-electron chi connectivity index (χ2n) is 5.64. The first kappa shape index (κ1) is 15.9. The number of rotatable bonds is 2. The van der Waals surface area contributed by atoms with Gasteiger partial charge in [-0.1, -0.05) is 0 Å². The van der Waals surface area contributed by atoms with Gasteiger partial charge in [0.25, 0.3) is 0 Å². The predicted octanol–water partition coefficient (Wildman–Crippen LogP) is 2.55. The summed E-state index contributed by atoms with van der Waals surface area (Å²) in [5.41, 5.74) is 16.0. The Morgan fingerprint density at radius 3 is 1.69 bits per heavy atom. The van der Waals surface area contributed by atoms with Gasteiger partial charge in [-0.25, -0.2) is 0 Å². The Balaban J connectivity index is 1.55. The first-order valence-electron chi connectivity index (χ1n) is 7.70. The molecule has 0 atom stereocenters. The Morgan fingerprint density at radius 2 is 1.23 bits per heavy atom. The van der Waals surface area contributed by atoms with Gasteiger partial charge in [-0.05, 0) is 48.6 Å². The minimum absolute atomic E-state index is 0.435. The largest absolute Gasteiger partial charge is 0.397 e. The van der Waals surface area contributed by atoms with Gasteiger partial charge in [-0.3, -0.25) is 0 Å². The van der Waals surface area contributed by atoms with Gasteiger partial charge in [-0.15, -0.1) is 0 Å². The van der Waals surface area contributed by atoms with Gasteiger partial charge < -0.3 is 22.1 Å². The molecule has 0 radical (unpaired) electrons. The van der Waals surface area contributed by atoms with Crippen molar-refractivity contribution in [3.05, 3.63) is 48.8 Å². The molecular weight excluding hydrogens is 348 g/mol. The fourth-order valence-corrected chi connectivity index (χ4v) is 2.84. The van der Waals surface area contributed by atoms with Crippen molar-refractivity contribution in [2.24, 2.45) is 0 Å². The predicted molar refractivity (Wildman–Crippen MR) is 108 cm³/mol. The molecule has 9 heteroatoms. The monoisotopic (exact) mass is 362 g/mol. The maximum absolute atomic E-state index is 5.94. The van der Waals surface area contributed by atoms with E-state index in [1.165, 1.54) is 12.4 Å². The van der Waals surface area contributed by atoms with Crippen LogP contribution in [0.15, 0.2) is 48.8 Å². The van der Waals surface area contributed by atoms with Gasteiger partial charge in [0.05, 0.1) is 34.8 Å². The van der Waals surface area contributed by atoms with E-state index in [4.69, 9.17) is 23.7 Å². The summed E-state index contributed by atoms with van der Waals surface area (Å²) >= 11 is 5.39. The zero-order valence-electron chi connectivity index (χ0n) is 13.5. The van der Waals surface area contributed by atoms with Crippen molar-refractivity contribution in [3.8, 4) is 0 Å². The lowest BCUT2D eigenvalue weighted by Gasteiger charge is -2.12. The molecule has 8 nitrogen and oxygen atoms in total. The number of fused-ring (bicyclic) bond motifs is 2. The van der Waals surface area contributed by atoms with E-state index < -0.39 is 0 Å². The molecule has 2 heterocycles. The summed E-state index contributed by atoms with van der Waals surface area (Å²) in [5.74, 6) is 0. The van der Waals surface area contributed by atoms with E-state index >= 15 is 0 Å². The lowest BCUT2D eigenvalue weighted by Crippen LogP contribution is -2.19.